The third kappa shape index (κ3) is 6.27. The van der Waals surface area contributed by atoms with Crippen LogP contribution in [0.4, 0.5) is 0 Å². The first kappa shape index (κ1) is 17.0. The molecule has 1 aromatic rings. The minimum Gasteiger partial charge on any atom is -0.494 e. The molecule has 0 amide bonds. The second-order valence-corrected chi connectivity index (χ2v) is 4.81. The molecule has 1 atom stereocenters. The average Bonchev–Trinajstić information content (AvgIpc) is 2.40. The molecule has 0 fully saturated rings. The molecule has 1 N–H and O–H groups in total. The number of carboxylic acid groups (broad SMARTS) is 1. The van der Waals surface area contributed by atoms with Gasteiger partial charge in [-0.3, -0.25) is 14.5 Å². The lowest BCUT2D eigenvalue weighted by Crippen LogP contribution is -2.34. The minimum absolute atomic E-state index is 0.0326. The van der Waals surface area contributed by atoms with Crippen LogP contribution in [0.15, 0.2) is 24.3 Å². The van der Waals surface area contributed by atoms with Crippen molar-refractivity contribution < 1.29 is 24.2 Å². The molecule has 0 aromatic heterocycles. The van der Waals surface area contributed by atoms with Crippen LogP contribution >= 0.6 is 0 Å². The summed E-state index contributed by atoms with van der Waals surface area (Å²) in [4.78, 5) is 24.1. The number of hydrogen-bond acceptors (Lipinski definition) is 5. The number of likely N-dealkylation sites (N-methyl/N-ethyl adjacent to an activating group) is 1. The van der Waals surface area contributed by atoms with Crippen molar-refractivity contribution in [1.29, 1.82) is 0 Å². The van der Waals surface area contributed by atoms with Crippen LogP contribution in [0.5, 0.6) is 11.5 Å². The number of aliphatic carboxylic acids is 1. The van der Waals surface area contributed by atoms with Crippen LogP contribution in [-0.2, 0) is 9.59 Å². The fourth-order valence-corrected chi connectivity index (χ4v) is 1.76. The maximum Gasteiger partial charge on any atom is 0.325 e. The predicted octanol–water partition coefficient (Wildman–Crippen LogP) is 1.64. The van der Waals surface area contributed by atoms with Crippen molar-refractivity contribution in [1.82, 2.24) is 4.90 Å². The van der Waals surface area contributed by atoms with Crippen molar-refractivity contribution >= 4 is 11.9 Å². The largest absolute Gasteiger partial charge is 0.494 e. The third-order valence-electron chi connectivity index (χ3n) is 2.77. The Kier molecular flexibility index (Phi) is 6.68. The molecule has 6 nitrogen and oxygen atoms in total. The van der Waals surface area contributed by atoms with Gasteiger partial charge in [-0.2, -0.15) is 0 Å². The van der Waals surface area contributed by atoms with E-state index < -0.39 is 17.9 Å². The minimum atomic E-state index is -0.887. The monoisotopic (exact) mass is 295 g/mol. The standard InChI is InChI=1S/C15H21NO5/c1-4-20-12-5-7-13(8-6-12)21-14(17)10-16(3)9-11(2)15(18)19/h5-8,11H,4,9-10H2,1-3H3,(H,18,19). The van der Waals surface area contributed by atoms with E-state index in [-0.39, 0.29) is 13.1 Å². The molecule has 0 radical (unpaired) electrons. The summed E-state index contributed by atoms with van der Waals surface area (Å²) in [6.45, 7) is 4.38. The first-order chi connectivity index (χ1) is 9.92. The molecule has 0 bridgehead atoms. The van der Waals surface area contributed by atoms with E-state index in [0.29, 0.717) is 18.1 Å². The molecule has 21 heavy (non-hydrogen) atoms. The lowest BCUT2D eigenvalue weighted by Gasteiger charge is -2.17. The SMILES string of the molecule is CCOc1ccc(OC(=O)CN(C)CC(C)C(=O)O)cc1. The first-order valence-corrected chi connectivity index (χ1v) is 6.77. The molecular weight excluding hydrogens is 274 g/mol. The van der Waals surface area contributed by atoms with E-state index in [4.69, 9.17) is 14.6 Å². The van der Waals surface area contributed by atoms with Crippen LogP contribution in [0.25, 0.3) is 0 Å². The Hall–Kier alpha value is -2.08. The van der Waals surface area contributed by atoms with Crippen molar-refractivity contribution in [3.05, 3.63) is 24.3 Å². The second-order valence-electron chi connectivity index (χ2n) is 4.81. The summed E-state index contributed by atoms with van der Waals surface area (Å²) in [6, 6.07) is 6.76. The van der Waals surface area contributed by atoms with Crippen molar-refractivity contribution in [3.8, 4) is 11.5 Å². The lowest BCUT2D eigenvalue weighted by molar-refractivity contribution is -0.143. The number of nitrogens with zero attached hydrogens (tertiary/aromatic N) is 1. The van der Waals surface area contributed by atoms with Crippen LogP contribution in [0, 0.1) is 5.92 Å². The van der Waals surface area contributed by atoms with Crippen LogP contribution in [0.1, 0.15) is 13.8 Å². The molecule has 0 aliphatic heterocycles. The molecule has 0 saturated carbocycles. The van der Waals surface area contributed by atoms with E-state index in [1.54, 1.807) is 43.1 Å². The van der Waals surface area contributed by atoms with Crippen LogP contribution in [0.3, 0.4) is 0 Å². The van der Waals surface area contributed by atoms with E-state index in [9.17, 15) is 9.59 Å². The number of carboxylic acids is 1. The molecule has 0 spiro atoms. The van der Waals surface area contributed by atoms with Gasteiger partial charge in [0.05, 0.1) is 19.1 Å². The smallest absolute Gasteiger partial charge is 0.325 e. The number of ether oxygens (including phenoxy) is 2. The van der Waals surface area contributed by atoms with Gasteiger partial charge in [-0.15, -0.1) is 0 Å². The zero-order valence-electron chi connectivity index (χ0n) is 12.5. The molecule has 116 valence electrons. The highest BCUT2D eigenvalue weighted by Gasteiger charge is 2.16. The third-order valence-corrected chi connectivity index (χ3v) is 2.77. The van der Waals surface area contributed by atoms with Crippen molar-refractivity contribution in [3.63, 3.8) is 0 Å². The summed E-state index contributed by atoms with van der Waals surface area (Å²) in [6.07, 6.45) is 0. The molecule has 0 heterocycles. The van der Waals surface area contributed by atoms with Gasteiger partial charge in [-0.1, -0.05) is 6.92 Å². The van der Waals surface area contributed by atoms with Gasteiger partial charge in [0.2, 0.25) is 0 Å². The quantitative estimate of drug-likeness (QED) is 0.580. The normalized spacial score (nSPS) is 12.0. The molecule has 1 unspecified atom stereocenters. The number of benzene rings is 1. The topological polar surface area (TPSA) is 76.1 Å². The predicted molar refractivity (Wildman–Crippen MR) is 77.5 cm³/mol. The molecular formula is C15H21NO5. The summed E-state index contributed by atoms with van der Waals surface area (Å²) in [5.41, 5.74) is 0. The number of carbonyl (C=O) groups excluding carboxylic acids is 1. The van der Waals surface area contributed by atoms with Gasteiger partial charge in [0, 0.05) is 6.54 Å². The fourth-order valence-electron chi connectivity index (χ4n) is 1.76. The average molecular weight is 295 g/mol. The highest BCUT2D eigenvalue weighted by atomic mass is 16.5. The van der Waals surface area contributed by atoms with Gasteiger partial charge >= 0.3 is 11.9 Å². The van der Waals surface area contributed by atoms with Gasteiger partial charge in [0.25, 0.3) is 0 Å². The van der Waals surface area contributed by atoms with E-state index >= 15 is 0 Å². The van der Waals surface area contributed by atoms with Gasteiger partial charge in [0.15, 0.2) is 0 Å². The van der Waals surface area contributed by atoms with E-state index in [2.05, 4.69) is 0 Å². The molecule has 6 heteroatoms. The Morgan fingerprint density at radius 2 is 1.81 bits per heavy atom. The van der Waals surface area contributed by atoms with Crippen LogP contribution in [-0.4, -0.2) is 48.7 Å². The number of carbonyl (C=O) groups is 2. The maximum atomic E-state index is 11.7. The van der Waals surface area contributed by atoms with Crippen LogP contribution < -0.4 is 9.47 Å². The first-order valence-electron chi connectivity index (χ1n) is 6.77. The summed E-state index contributed by atoms with van der Waals surface area (Å²) in [5, 5.41) is 8.82. The van der Waals surface area contributed by atoms with E-state index in [1.807, 2.05) is 6.92 Å². The van der Waals surface area contributed by atoms with E-state index in [0.717, 1.165) is 0 Å². The highest BCUT2D eigenvalue weighted by molar-refractivity contribution is 5.74. The Balaban J connectivity index is 2.44. The van der Waals surface area contributed by atoms with Crippen molar-refractivity contribution in [2.45, 2.75) is 13.8 Å². The Morgan fingerprint density at radius 3 is 2.33 bits per heavy atom. The van der Waals surface area contributed by atoms with Gasteiger partial charge in [0.1, 0.15) is 11.5 Å². The Morgan fingerprint density at radius 1 is 1.24 bits per heavy atom. The fraction of sp³-hybridized carbons (Fsp3) is 0.467. The highest BCUT2D eigenvalue weighted by Crippen LogP contribution is 2.17. The molecule has 0 aliphatic carbocycles. The summed E-state index contributed by atoms with van der Waals surface area (Å²) >= 11 is 0. The van der Waals surface area contributed by atoms with Crippen molar-refractivity contribution in [2.24, 2.45) is 5.92 Å². The molecule has 0 saturated heterocycles. The summed E-state index contributed by atoms with van der Waals surface area (Å²) < 4.78 is 10.5. The Bertz CT molecular complexity index is 471. The Labute approximate surface area is 124 Å². The second kappa shape index (κ2) is 8.26. The molecule has 1 aromatic carbocycles. The van der Waals surface area contributed by atoms with Gasteiger partial charge in [-0.25, -0.2) is 0 Å². The molecule has 1 rings (SSSR count). The number of rotatable bonds is 8. The maximum absolute atomic E-state index is 11.7. The number of esters is 1. The van der Waals surface area contributed by atoms with Crippen molar-refractivity contribution in [2.75, 3.05) is 26.7 Å². The van der Waals surface area contributed by atoms with Gasteiger partial charge < -0.3 is 14.6 Å². The van der Waals surface area contributed by atoms with Crippen LogP contribution in [0.2, 0.25) is 0 Å². The zero-order valence-corrected chi connectivity index (χ0v) is 12.5. The van der Waals surface area contributed by atoms with E-state index in [1.165, 1.54) is 0 Å². The summed E-state index contributed by atoms with van der Waals surface area (Å²) in [7, 11) is 1.68. The molecule has 0 aliphatic rings. The van der Waals surface area contributed by atoms with Gasteiger partial charge in [-0.05, 0) is 38.2 Å². The zero-order chi connectivity index (χ0) is 15.8. The number of hydrogen-bond donors (Lipinski definition) is 1. The lowest BCUT2D eigenvalue weighted by atomic mass is 10.2. The summed E-state index contributed by atoms with van der Waals surface area (Å²) in [5.74, 6) is -0.706.